The summed E-state index contributed by atoms with van der Waals surface area (Å²) in [4.78, 5) is 22.8. The Morgan fingerprint density at radius 3 is 2.50 bits per heavy atom. The molecule has 0 aliphatic carbocycles. The molecule has 0 spiro atoms. The second-order valence-electron chi connectivity index (χ2n) is 7.63. The first kappa shape index (κ1) is 20.6. The number of hydrogen-bond donors (Lipinski definition) is 0. The zero-order valence-corrected chi connectivity index (χ0v) is 18.4. The van der Waals surface area contributed by atoms with E-state index in [9.17, 15) is 4.79 Å². The Kier molecular flexibility index (Phi) is 6.20. The normalized spacial score (nSPS) is 14.8. The summed E-state index contributed by atoms with van der Waals surface area (Å²) in [5, 5.41) is 4.11. The lowest BCUT2D eigenvalue weighted by Gasteiger charge is -2.34. The molecule has 0 bridgehead atoms. The topological polar surface area (TPSA) is 62.5 Å². The van der Waals surface area contributed by atoms with Gasteiger partial charge in [-0.25, -0.2) is 0 Å². The van der Waals surface area contributed by atoms with Crippen LogP contribution in [0.2, 0.25) is 0 Å². The highest BCUT2D eigenvalue weighted by atomic mass is 32.2. The molecule has 0 atom stereocenters. The molecule has 1 aliphatic heterocycles. The zero-order chi connectivity index (χ0) is 21.1. The minimum atomic E-state index is 0.113. The van der Waals surface area contributed by atoms with Gasteiger partial charge in [-0.05, 0) is 37.8 Å². The molecule has 1 aliphatic rings. The fraction of sp³-hybridized carbons (Fsp3) is 0.348. The number of aromatic nitrogens is 2. The van der Waals surface area contributed by atoms with Gasteiger partial charge in [-0.2, -0.15) is 4.98 Å². The smallest absolute Gasteiger partial charge is 0.254 e. The molecule has 30 heavy (non-hydrogen) atoms. The third-order valence-corrected chi connectivity index (χ3v) is 6.20. The first-order chi connectivity index (χ1) is 14.5. The Bertz CT molecular complexity index is 1020. The van der Waals surface area contributed by atoms with Crippen LogP contribution in [0.15, 0.2) is 51.9 Å². The number of carbonyl (C=O) groups excluding carboxylic acids is 1. The van der Waals surface area contributed by atoms with Crippen molar-refractivity contribution < 1.29 is 9.32 Å². The lowest BCUT2D eigenvalue weighted by atomic mass is 10.1. The molecule has 2 aromatic carbocycles. The van der Waals surface area contributed by atoms with Crippen LogP contribution in [0.4, 0.5) is 0 Å². The third-order valence-electron chi connectivity index (χ3n) is 5.47. The van der Waals surface area contributed by atoms with E-state index in [2.05, 4.69) is 28.0 Å². The largest absolute Gasteiger partial charge is 0.338 e. The molecule has 0 N–H and O–H groups in total. The van der Waals surface area contributed by atoms with Crippen LogP contribution in [0, 0.1) is 13.8 Å². The summed E-state index contributed by atoms with van der Waals surface area (Å²) in [6.07, 6.45) is 2.03. The quantitative estimate of drug-likeness (QED) is 0.579. The molecule has 2 heterocycles. The number of nitrogens with zero attached hydrogens (tertiary/aromatic N) is 4. The van der Waals surface area contributed by atoms with Crippen molar-refractivity contribution in [1.29, 1.82) is 0 Å². The van der Waals surface area contributed by atoms with Gasteiger partial charge in [-0.15, -0.1) is 11.8 Å². The van der Waals surface area contributed by atoms with E-state index in [0.717, 1.165) is 34.7 Å². The van der Waals surface area contributed by atoms with Crippen LogP contribution in [0.5, 0.6) is 0 Å². The van der Waals surface area contributed by atoms with Crippen LogP contribution in [0.25, 0.3) is 11.4 Å². The summed E-state index contributed by atoms with van der Waals surface area (Å²) in [7, 11) is 0. The first-order valence-electron chi connectivity index (χ1n) is 10.1. The van der Waals surface area contributed by atoms with Gasteiger partial charge in [0.15, 0.2) is 0 Å². The maximum atomic E-state index is 13.0. The van der Waals surface area contributed by atoms with E-state index in [0.29, 0.717) is 31.3 Å². The highest BCUT2D eigenvalue weighted by Gasteiger charge is 2.24. The van der Waals surface area contributed by atoms with Crippen molar-refractivity contribution in [2.24, 2.45) is 0 Å². The number of hydrogen-bond acceptors (Lipinski definition) is 6. The zero-order valence-electron chi connectivity index (χ0n) is 17.6. The number of carbonyl (C=O) groups is 1. The van der Waals surface area contributed by atoms with E-state index < -0.39 is 0 Å². The molecule has 1 saturated heterocycles. The second-order valence-corrected chi connectivity index (χ2v) is 8.51. The first-order valence-corrected chi connectivity index (χ1v) is 11.3. The molecule has 1 aromatic heterocycles. The molecule has 156 valence electrons. The van der Waals surface area contributed by atoms with Gasteiger partial charge in [-0.1, -0.05) is 41.1 Å². The summed E-state index contributed by atoms with van der Waals surface area (Å²) >= 11 is 1.66. The van der Waals surface area contributed by atoms with Crippen LogP contribution < -0.4 is 0 Å². The summed E-state index contributed by atoms with van der Waals surface area (Å²) < 4.78 is 5.45. The fourth-order valence-electron chi connectivity index (χ4n) is 3.57. The molecule has 1 amide bonds. The Morgan fingerprint density at radius 1 is 1.07 bits per heavy atom. The second kappa shape index (κ2) is 9.02. The molecule has 7 heteroatoms. The van der Waals surface area contributed by atoms with Crippen LogP contribution in [-0.4, -0.2) is 58.3 Å². The third kappa shape index (κ3) is 4.57. The van der Waals surface area contributed by atoms with Crippen molar-refractivity contribution in [3.05, 3.63) is 65.0 Å². The van der Waals surface area contributed by atoms with Gasteiger partial charge < -0.3 is 9.42 Å². The van der Waals surface area contributed by atoms with Gasteiger partial charge in [0.2, 0.25) is 11.7 Å². The number of piperazine rings is 1. The van der Waals surface area contributed by atoms with Crippen molar-refractivity contribution in [3.8, 4) is 11.4 Å². The minimum Gasteiger partial charge on any atom is -0.338 e. The van der Waals surface area contributed by atoms with Crippen molar-refractivity contribution >= 4 is 17.7 Å². The van der Waals surface area contributed by atoms with Gasteiger partial charge >= 0.3 is 0 Å². The highest BCUT2D eigenvalue weighted by Crippen LogP contribution is 2.21. The lowest BCUT2D eigenvalue weighted by molar-refractivity contribution is 0.0614. The summed E-state index contributed by atoms with van der Waals surface area (Å²) in [6.45, 7) is 7.61. The number of rotatable bonds is 5. The van der Waals surface area contributed by atoms with Crippen molar-refractivity contribution in [2.45, 2.75) is 25.3 Å². The van der Waals surface area contributed by atoms with Gasteiger partial charge in [0.25, 0.3) is 5.91 Å². The molecule has 0 saturated carbocycles. The Morgan fingerprint density at radius 2 is 1.80 bits per heavy atom. The van der Waals surface area contributed by atoms with Crippen molar-refractivity contribution in [3.63, 3.8) is 0 Å². The summed E-state index contributed by atoms with van der Waals surface area (Å²) in [5.74, 6) is 1.33. The van der Waals surface area contributed by atoms with Gasteiger partial charge in [0.05, 0.1) is 6.54 Å². The van der Waals surface area contributed by atoms with Crippen molar-refractivity contribution in [1.82, 2.24) is 19.9 Å². The molecular formula is C23H26N4O2S. The SMILES string of the molecule is CSc1ccc(C)c(C(=O)N2CCN(Cc3nc(-c4ccc(C)cc4)no3)CC2)c1. The van der Waals surface area contributed by atoms with E-state index in [1.54, 1.807) is 11.8 Å². The van der Waals surface area contributed by atoms with Gasteiger partial charge in [-0.3, -0.25) is 9.69 Å². The van der Waals surface area contributed by atoms with Crippen LogP contribution >= 0.6 is 11.8 Å². The maximum Gasteiger partial charge on any atom is 0.254 e. The molecule has 1 fully saturated rings. The minimum absolute atomic E-state index is 0.113. The van der Waals surface area contributed by atoms with E-state index >= 15 is 0 Å². The predicted molar refractivity (Wildman–Crippen MR) is 119 cm³/mol. The van der Waals surface area contributed by atoms with E-state index in [1.807, 2.05) is 54.5 Å². The van der Waals surface area contributed by atoms with Crippen molar-refractivity contribution in [2.75, 3.05) is 32.4 Å². The number of benzene rings is 2. The van der Waals surface area contributed by atoms with Crippen LogP contribution in [0.3, 0.4) is 0 Å². The van der Waals surface area contributed by atoms with E-state index in [4.69, 9.17) is 4.52 Å². The Hall–Kier alpha value is -2.64. The lowest BCUT2D eigenvalue weighted by Crippen LogP contribution is -2.48. The van der Waals surface area contributed by atoms with E-state index in [-0.39, 0.29) is 5.91 Å². The summed E-state index contributed by atoms with van der Waals surface area (Å²) in [6, 6.07) is 14.2. The van der Waals surface area contributed by atoms with Gasteiger partial charge in [0.1, 0.15) is 0 Å². The standard InChI is InChI=1S/C23H26N4O2S/c1-16-4-7-18(8-5-16)22-24-21(29-25-22)15-26-10-12-27(13-11-26)23(28)20-14-19(30-3)9-6-17(20)2/h4-9,14H,10-13,15H2,1-3H3. The maximum absolute atomic E-state index is 13.0. The molecule has 3 aromatic rings. The molecular weight excluding hydrogens is 396 g/mol. The van der Waals surface area contributed by atoms with E-state index in [1.165, 1.54) is 5.56 Å². The highest BCUT2D eigenvalue weighted by molar-refractivity contribution is 7.98. The number of aryl methyl sites for hydroxylation is 2. The van der Waals surface area contributed by atoms with Gasteiger partial charge in [0, 0.05) is 42.2 Å². The monoisotopic (exact) mass is 422 g/mol. The number of amides is 1. The molecule has 0 radical (unpaired) electrons. The molecule has 0 unspecified atom stereocenters. The molecule has 4 rings (SSSR count). The number of thioether (sulfide) groups is 1. The fourth-order valence-corrected chi connectivity index (χ4v) is 4.01. The Balaban J connectivity index is 1.35. The predicted octanol–water partition coefficient (Wildman–Crippen LogP) is 4.03. The average Bonchev–Trinajstić information content (AvgIpc) is 3.23. The van der Waals surface area contributed by atoms with Crippen LogP contribution in [-0.2, 0) is 6.54 Å². The molecule has 6 nitrogen and oxygen atoms in total. The van der Waals surface area contributed by atoms with Crippen LogP contribution in [0.1, 0.15) is 27.4 Å². The Labute approximate surface area is 181 Å². The summed E-state index contributed by atoms with van der Waals surface area (Å²) in [5.41, 5.74) is 3.98. The average molecular weight is 423 g/mol.